The standard InChI is InChI=1S/C15H21N3/c1-2-18-10-3-4-14(9-11-18)17-15-7-5-13(12-16)6-8-15/h5-8,14,17H,2-4,9-11H2,1H3. The molecule has 1 heterocycles. The van der Waals surface area contributed by atoms with Crippen molar-refractivity contribution in [3.8, 4) is 6.07 Å². The van der Waals surface area contributed by atoms with Crippen molar-refractivity contribution >= 4 is 5.69 Å². The topological polar surface area (TPSA) is 39.1 Å². The summed E-state index contributed by atoms with van der Waals surface area (Å²) in [6.45, 7) is 5.80. The molecule has 1 unspecified atom stereocenters. The lowest BCUT2D eigenvalue weighted by atomic mass is 10.1. The van der Waals surface area contributed by atoms with Crippen molar-refractivity contribution in [2.45, 2.75) is 32.2 Å². The van der Waals surface area contributed by atoms with Crippen LogP contribution in [0.1, 0.15) is 31.7 Å². The van der Waals surface area contributed by atoms with E-state index in [0.717, 1.165) is 17.8 Å². The smallest absolute Gasteiger partial charge is 0.0991 e. The number of likely N-dealkylation sites (tertiary alicyclic amines) is 1. The molecule has 1 N–H and O–H groups in total. The molecule has 0 spiro atoms. The Hall–Kier alpha value is -1.53. The highest BCUT2D eigenvalue weighted by Gasteiger charge is 2.15. The SMILES string of the molecule is CCN1CCCC(Nc2ccc(C#N)cc2)CC1. The fourth-order valence-electron chi connectivity index (χ4n) is 2.49. The van der Waals surface area contributed by atoms with Gasteiger partial charge in [0.1, 0.15) is 0 Å². The number of anilines is 1. The van der Waals surface area contributed by atoms with E-state index in [1.165, 1.54) is 32.4 Å². The Kier molecular flexibility index (Phi) is 4.60. The maximum absolute atomic E-state index is 8.77. The normalized spacial score (nSPS) is 21.0. The fourth-order valence-corrected chi connectivity index (χ4v) is 2.49. The van der Waals surface area contributed by atoms with Crippen LogP contribution in [0.15, 0.2) is 24.3 Å². The zero-order valence-electron chi connectivity index (χ0n) is 11.0. The molecule has 1 atom stereocenters. The number of hydrogen-bond donors (Lipinski definition) is 1. The first-order valence-corrected chi connectivity index (χ1v) is 6.81. The predicted molar refractivity (Wildman–Crippen MR) is 74.5 cm³/mol. The third-order valence-corrected chi connectivity index (χ3v) is 3.65. The summed E-state index contributed by atoms with van der Waals surface area (Å²) in [4.78, 5) is 2.51. The van der Waals surface area contributed by atoms with Crippen molar-refractivity contribution in [2.75, 3.05) is 25.0 Å². The molecule has 3 heteroatoms. The van der Waals surface area contributed by atoms with E-state index in [1.807, 2.05) is 24.3 Å². The molecule has 96 valence electrons. The minimum atomic E-state index is 0.564. The van der Waals surface area contributed by atoms with E-state index in [1.54, 1.807) is 0 Å². The van der Waals surface area contributed by atoms with Crippen molar-refractivity contribution in [3.63, 3.8) is 0 Å². The van der Waals surface area contributed by atoms with Crippen molar-refractivity contribution < 1.29 is 0 Å². The third kappa shape index (κ3) is 3.48. The Bertz CT molecular complexity index is 405. The average molecular weight is 243 g/mol. The van der Waals surface area contributed by atoms with E-state index >= 15 is 0 Å². The zero-order valence-corrected chi connectivity index (χ0v) is 11.0. The highest BCUT2D eigenvalue weighted by atomic mass is 15.1. The van der Waals surface area contributed by atoms with Crippen LogP contribution in [0, 0.1) is 11.3 Å². The van der Waals surface area contributed by atoms with Gasteiger partial charge >= 0.3 is 0 Å². The first-order valence-electron chi connectivity index (χ1n) is 6.81. The summed E-state index contributed by atoms with van der Waals surface area (Å²) in [7, 11) is 0. The lowest BCUT2D eigenvalue weighted by Gasteiger charge is -2.19. The lowest BCUT2D eigenvalue weighted by Crippen LogP contribution is -2.26. The van der Waals surface area contributed by atoms with Gasteiger partial charge in [0.15, 0.2) is 0 Å². The molecule has 1 aromatic rings. The molecule has 3 nitrogen and oxygen atoms in total. The van der Waals surface area contributed by atoms with Crippen LogP contribution in [-0.2, 0) is 0 Å². The van der Waals surface area contributed by atoms with Gasteiger partial charge in [0.05, 0.1) is 11.6 Å². The molecule has 18 heavy (non-hydrogen) atoms. The molecule has 1 saturated heterocycles. The first-order chi connectivity index (χ1) is 8.81. The van der Waals surface area contributed by atoms with E-state index in [2.05, 4.69) is 23.2 Å². The summed E-state index contributed by atoms with van der Waals surface area (Å²) in [5.74, 6) is 0. The number of nitrogens with zero attached hydrogens (tertiary/aromatic N) is 2. The van der Waals surface area contributed by atoms with Gasteiger partial charge < -0.3 is 10.2 Å². The van der Waals surface area contributed by atoms with Crippen LogP contribution in [0.5, 0.6) is 0 Å². The molecule has 1 fully saturated rings. The lowest BCUT2D eigenvalue weighted by molar-refractivity contribution is 0.300. The van der Waals surface area contributed by atoms with Crippen LogP contribution in [0.2, 0.25) is 0 Å². The Morgan fingerprint density at radius 1 is 1.28 bits per heavy atom. The molecular formula is C15H21N3. The molecule has 1 aliphatic heterocycles. The van der Waals surface area contributed by atoms with E-state index in [-0.39, 0.29) is 0 Å². The van der Waals surface area contributed by atoms with Crippen LogP contribution < -0.4 is 5.32 Å². The van der Waals surface area contributed by atoms with Crippen LogP contribution >= 0.6 is 0 Å². The number of nitriles is 1. The highest BCUT2D eigenvalue weighted by Crippen LogP contribution is 2.17. The Morgan fingerprint density at radius 3 is 2.72 bits per heavy atom. The van der Waals surface area contributed by atoms with E-state index < -0.39 is 0 Å². The van der Waals surface area contributed by atoms with Crippen LogP contribution in [0.3, 0.4) is 0 Å². The zero-order chi connectivity index (χ0) is 12.8. The van der Waals surface area contributed by atoms with Crippen molar-refractivity contribution in [3.05, 3.63) is 29.8 Å². The van der Waals surface area contributed by atoms with Gasteiger partial charge in [-0.3, -0.25) is 0 Å². The Labute approximate surface area is 109 Å². The van der Waals surface area contributed by atoms with Gasteiger partial charge in [0, 0.05) is 18.3 Å². The van der Waals surface area contributed by atoms with Gasteiger partial charge in [0.2, 0.25) is 0 Å². The summed E-state index contributed by atoms with van der Waals surface area (Å²) >= 11 is 0. The highest BCUT2D eigenvalue weighted by molar-refractivity contribution is 5.47. The third-order valence-electron chi connectivity index (χ3n) is 3.65. The second-order valence-corrected chi connectivity index (χ2v) is 4.90. The van der Waals surface area contributed by atoms with Crippen molar-refractivity contribution in [1.82, 2.24) is 4.90 Å². The number of hydrogen-bond acceptors (Lipinski definition) is 3. The summed E-state index contributed by atoms with van der Waals surface area (Å²) in [5, 5.41) is 12.3. The van der Waals surface area contributed by atoms with E-state index in [0.29, 0.717) is 6.04 Å². The minimum absolute atomic E-state index is 0.564. The molecule has 0 aliphatic carbocycles. The summed E-state index contributed by atoms with van der Waals surface area (Å²) in [5.41, 5.74) is 1.85. The number of rotatable bonds is 3. The van der Waals surface area contributed by atoms with Gasteiger partial charge in [-0.1, -0.05) is 6.92 Å². The molecule has 0 amide bonds. The number of benzene rings is 1. The van der Waals surface area contributed by atoms with Crippen molar-refractivity contribution in [1.29, 1.82) is 5.26 Å². The molecule has 1 aliphatic rings. The van der Waals surface area contributed by atoms with Gasteiger partial charge in [0.25, 0.3) is 0 Å². The van der Waals surface area contributed by atoms with Crippen LogP contribution in [0.4, 0.5) is 5.69 Å². The van der Waals surface area contributed by atoms with Gasteiger partial charge in [-0.05, 0) is 56.6 Å². The molecule has 1 aromatic carbocycles. The molecule has 0 radical (unpaired) electrons. The minimum Gasteiger partial charge on any atom is -0.382 e. The largest absolute Gasteiger partial charge is 0.382 e. The second-order valence-electron chi connectivity index (χ2n) is 4.90. The van der Waals surface area contributed by atoms with Crippen molar-refractivity contribution in [2.24, 2.45) is 0 Å². The fraction of sp³-hybridized carbons (Fsp3) is 0.533. The maximum atomic E-state index is 8.77. The Morgan fingerprint density at radius 2 is 2.06 bits per heavy atom. The maximum Gasteiger partial charge on any atom is 0.0991 e. The molecular weight excluding hydrogens is 222 g/mol. The van der Waals surface area contributed by atoms with Crippen LogP contribution in [0.25, 0.3) is 0 Å². The van der Waals surface area contributed by atoms with Crippen LogP contribution in [-0.4, -0.2) is 30.6 Å². The monoisotopic (exact) mass is 243 g/mol. The van der Waals surface area contributed by atoms with Gasteiger partial charge in [-0.15, -0.1) is 0 Å². The van der Waals surface area contributed by atoms with E-state index in [4.69, 9.17) is 5.26 Å². The second kappa shape index (κ2) is 6.42. The van der Waals surface area contributed by atoms with Gasteiger partial charge in [-0.25, -0.2) is 0 Å². The molecule has 0 saturated carbocycles. The first kappa shape index (κ1) is 12.9. The van der Waals surface area contributed by atoms with E-state index in [9.17, 15) is 0 Å². The summed E-state index contributed by atoms with van der Waals surface area (Å²) < 4.78 is 0. The molecule has 0 aromatic heterocycles. The van der Waals surface area contributed by atoms with Gasteiger partial charge in [-0.2, -0.15) is 5.26 Å². The predicted octanol–water partition coefficient (Wildman–Crippen LogP) is 2.84. The Balaban J connectivity index is 1.90. The summed E-state index contributed by atoms with van der Waals surface area (Å²) in [6, 6.07) is 10.5. The summed E-state index contributed by atoms with van der Waals surface area (Å²) in [6.07, 6.45) is 3.70. The average Bonchev–Trinajstić information content (AvgIpc) is 2.65. The quantitative estimate of drug-likeness (QED) is 0.887. The molecule has 0 bridgehead atoms. The number of nitrogens with one attached hydrogen (secondary N) is 1. The molecule has 2 rings (SSSR count).